The predicted molar refractivity (Wildman–Crippen MR) is 108 cm³/mol. The molecule has 146 valence electrons. The highest BCUT2D eigenvalue weighted by Gasteiger charge is 2.34. The summed E-state index contributed by atoms with van der Waals surface area (Å²) in [7, 11) is 0. The summed E-state index contributed by atoms with van der Waals surface area (Å²) >= 11 is 0. The number of likely N-dealkylation sites (tertiary alicyclic amines) is 1. The third-order valence-corrected chi connectivity index (χ3v) is 6.32. The molecule has 1 fully saturated rings. The summed E-state index contributed by atoms with van der Waals surface area (Å²) in [6.07, 6.45) is 6.62. The normalized spacial score (nSPS) is 19.8. The molecule has 1 aromatic carbocycles. The van der Waals surface area contributed by atoms with Crippen LogP contribution >= 0.6 is 0 Å². The fraction of sp³-hybridized carbons (Fsp3) is 0.500. The van der Waals surface area contributed by atoms with Gasteiger partial charge in [-0.25, -0.2) is 0 Å². The second kappa shape index (κ2) is 7.08. The molecule has 0 bridgehead atoms. The van der Waals surface area contributed by atoms with Crippen LogP contribution in [0.5, 0.6) is 0 Å². The lowest BCUT2D eigenvalue weighted by atomic mass is 10.2. The Morgan fingerprint density at radius 1 is 1.11 bits per heavy atom. The first kappa shape index (κ1) is 17.5. The Balaban J connectivity index is 1.42. The van der Waals surface area contributed by atoms with Crippen molar-refractivity contribution in [3.05, 3.63) is 47.7 Å². The average molecular weight is 377 g/mol. The zero-order valence-corrected chi connectivity index (χ0v) is 16.5. The molecule has 2 aliphatic heterocycles. The molecule has 0 unspecified atom stereocenters. The van der Waals surface area contributed by atoms with Crippen LogP contribution in [0.1, 0.15) is 55.5 Å². The van der Waals surface area contributed by atoms with E-state index in [4.69, 9.17) is 0 Å². The van der Waals surface area contributed by atoms with Crippen LogP contribution in [-0.2, 0) is 24.3 Å². The van der Waals surface area contributed by atoms with E-state index in [9.17, 15) is 4.79 Å². The van der Waals surface area contributed by atoms with Crippen molar-refractivity contribution >= 4 is 16.8 Å². The second-order valence-electron chi connectivity index (χ2n) is 8.11. The van der Waals surface area contributed by atoms with Crippen molar-refractivity contribution in [3.63, 3.8) is 0 Å². The van der Waals surface area contributed by atoms with E-state index in [-0.39, 0.29) is 11.9 Å². The minimum absolute atomic E-state index is 0.0639. The summed E-state index contributed by atoms with van der Waals surface area (Å²) in [6.45, 7) is 4.26. The Hall–Kier alpha value is -2.63. The maximum atomic E-state index is 13.3. The minimum atomic E-state index is 0.0639. The van der Waals surface area contributed by atoms with Crippen molar-refractivity contribution in [1.29, 1.82) is 0 Å². The van der Waals surface area contributed by atoms with Gasteiger partial charge in [0, 0.05) is 30.7 Å². The lowest BCUT2D eigenvalue weighted by molar-refractivity contribution is -0.132. The van der Waals surface area contributed by atoms with E-state index in [2.05, 4.69) is 44.5 Å². The molecule has 1 amide bonds. The number of nitrogens with zero attached hydrogens (tertiary/aromatic N) is 5. The lowest BCUT2D eigenvalue weighted by Gasteiger charge is -2.25. The van der Waals surface area contributed by atoms with Crippen LogP contribution < -0.4 is 0 Å². The molecular formula is C22H27N5O. The van der Waals surface area contributed by atoms with Crippen LogP contribution in [0, 0.1) is 6.92 Å². The standard InChI is InChI=1S/C22H27N5O/c1-16-14-17-8-4-5-9-18(17)27(16)15-21(28)25-13-7-10-19(25)22-24-23-20-11-3-2-6-12-26(20)22/h4-5,8-9,14,19H,2-3,6-7,10-13,15H2,1H3/t19-/m1/s1. The summed E-state index contributed by atoms with van der Waals surface area (Å²) in [4.78, 5) is 15.3. The second-order valence-corrected chi connectivity index (χ2v) is 8.11. The smallest absolute Gasteiger partial charge is 0.243 e. The van der Waals surface area contributed by atoms with Gasteiger partial charge in [-0.15, -0.1) is 10.2 Å². The van der Waals surface area contributed by atoms with Crippen molar-refractivity contribution in [1.82, 2.24) is 24.2 Å². The Morgan fingerprint density at radius 2 is 2.00 bits per heavy atom. The molecule has 1 saturated heterocycles. The Morgan fingerprint density at radius 3 is 2.93 bits per heavy atom. The van der Waals surface area contributed by atoms with Gasteiger partial charge in [0.25, 0.3) is 0 Å². The van der Waals surface area contributed by atoms with Gasteiger partial charge in [0.05, 0.1) is 6.04 Å². The van der Waals surface area contributed by atoms with E-state index in [1.165, 1.54) is 24.6 Å². The first-order valence-electron chi connectivity index (χ1n) is 10.5. The summed E-state index contributed by atoms with van der Waals surface area (Å²) in [5.74, 6) is 2.27. The summed E-state index contributed by atoms with van der Waals surface area (Å²) < 4.78 is 4.43. The third-order valence-electron chi connectivity index (χ3n) is 6.32. The molecule has 5 rings (SSSR count). The van der Waals surface area contributed by atoms with Crippen LogP contribution in [0.4, 0.5) is 0 Å². The van der Waals surface area contributed by atoms with E-state index in [0.29, 0.717) is 6.54 Å². The number of carbonyl (C=O) groups is 1. The average Bonchev–Trinajstić information content (AvgIpc) is 3.36. The molecule has 28 heavy (non-hydrogen) atoms. The number of aromatic nitrogens is 4. The summed E-state index contributed by atoms with van der Waals surface area (Å²) in [6, 6.07) is 10.5. The molecule has 0 saturated carbocycles. The SMILES string of the molecule is Cc1cc2ccccc2n1CC(=O)N1CCC[C@@H]1c1nnc2n1CCCCC2. The van der Waals surface area contributed by atoms with Crippen LogP contribution in [0.15, 0.2) is 30.3 Å². The zero-order chi connectivity index (χ0) is 19.1. The van der Waals surface area contributed by atoms with E-state index in [0.717, 1.165) is 55.2 Å². The molecule has 6 heteroatoms. The monoisotopic (exact) mass is 377 g/mol. The van der Waals surface area contributed by atoms with Crippen molar-refractivity contribution in [3.8, 4) is 0 Å². The molecule has 2 aliphatic rings. The number of rotatable bonds is 3. The van der Waals surface area contributed by atoms with Gasteiger partial charge >= 0.3 is 0 Å². The number of amides is 1. The van der Waals surface area contributed by atoms with Crippen LogP contribution in [-0.4, -0.2) is 36.7 Å². The van der Waals surface area contributed by atoms with Gasteiger partial charge in [-0.3, -0.25) is 4.79 Å². The molecule has 0 radical (unpaired) electrons. The van der Waals surface area contributed by atoms with Crippen molar-refractivity contribution < 1.29 is 4.79 Å². The number of aryl methyl sites for hydroxylation is 2. The Kier molecular flexibility index (Phi) is 4.41. The number of hydrogen-bond donors (Lipinski definition) is 0. The number of benzene rings is 1. The fourth-order valence-electron chi connectivity index (χ4n) is 4.87. The van der Waals surface area contributed by atoms with E-state index in [1.54, 1.807) is 0 Å². The number of fused-ring (bicyclic) bond motifs is 2. The molecular weight excluding hydrogens is 350 g/mol. The number of carbonyl (C=O) groups excluding carboxylic acids is 1. The summed E-state index contributed by atoms with van der Waals surface area (Å²) in [5.41, 5.74) is 2.25. The zero-order valence-electron chi connectivity index (χ0n) is 16.5. The maximum absolute atomic E-state index is 13.3. The maximum Gasteiger partial charge on any atom is 0.243 e. The molecule has 2 aromatic heterocycles. The molecule has 4 heterocycles. The summed E-state index contributed by atoms with van der Waals surface area (Å²) in [5, 5.41) is 10.2. The fourth-order valence-corrected chi connectivity index (χ4v) is 4.87. The van der Waals surface area contributed by atoms with E-state index >= 15 is 0 Å². The third kappa shape index (κ3) is 2.91. The molecule has 0 N–H and O–H groups in total. The topological polar surface area (TPSA) is 56.0 Å². The van der Waals surface area contributed by atoms with Crippen LogP contribution in [0.3, 0.4) is 0 Å². The van der Waals surface area contributed by atoms with Crippen molar-refractivity contribution in [2.24, 2.45) is 0 Å². The lowest BCUT2D eigenvalue weighted by Crippen LogP contribution is -2.34. The molecule has 6 nitrogen and oxygen atoms in total. The van der Waals surface area contributed by atoms with E-state index in [1.807, 2.05) is 17.0 Å². The number of hydrogen-bond acceptors (Lipinski definition) is 3. The van der Waals surface area contributed by atoms with Gasteiger partial charge in [0.2, 0.25) is 5.91 Å². The highest BCUT2D eigenvalue weighted by Crippen LogP contribution is 2.33. The van der Waals surface area contributed by atoms with Gasteiger partial charge < -0.3 is 14.0 Å². The molecule has 0 spiro atoms. The molecule has 0 aliphatic carbocycles. The molecule has 1 atom stereocenters. The van der Waals surface area contributed by atoms with Crippen LogP contribution in [0.2, 0.25) is 0 Å². The highest BCUT2D eigenvalue weighted by molar-refractivity contribution is 5.84. The largest absolute Gasteiger partial charge is 0.335 e. The highest BCUT2D eigenvalue weighted by atomic mass is 16.2. The Labute approximate surface area is 165 Å². The van der Waals surface area contributed by atoms with Crippen molar-refractivity contribution in [2.75, 3.05) is 6.54 Å². The van der Waals surface area contributed by atoms with Gasteiger partial charge in [-0.1, -0.05) is 24.6 Å². The Bertz CT molecular complexity index is 1020. The predicted octanol–water partition coefficient (Wildman–Crippen LogP) is 3.63. The van der Waals surface area contributed by atoms with Gasteiger partial charge in [0.1, 0.15) is 12.4 Å². The van der Waals surface area contributed by atoms with Crippen molar-refractivity contribution in [2.45, 2.75) is 64.6 Å². The molecule has 3 aromatic rings. The number of para-hydroxylation sites is 1. The van der Waals surface area contributed by atoms with E-state index < -0.39 is 0 Å². The van der Waals surface area contributed by atoms with Gasteiger partial charge in [-0.2, -0.15) is 0 Å². The minimum Gasteiger partial charge on any atom is -0.335 e. The quantitative estimate of drug-likeness (QED) is 0.700. The first-order valence-corrected chi connectivity index (χ1v) is 10.5. The van der Waals surface area contributed by atoms with Gasteiger partial charge in [-0.05, 0) is 50.1 Å². The first-order chi connectivity index (χ1) is 13.7. The van der Waals surface area contributed by atoms with Crippen LogP contribution in [0.25, 0.3) is 10.9 Å². The van der Waals surface area contributed by atoms with Gasteiger partial charge in [0.15, 0.2) is 5.82 Å².